The number of likely N-dealkylation sites (tertiary alicyclic amines) is 2. The lowest BCUT2D eigenvalue weighted by molar-refractivity contribution is -0.153. The van der Waals surface area contributed by atoms with Gasteiger partial charge in [0.05, 0.1) is 70.1 Å². The minimum Gasteiger partial charge on any atom is -0.496 e. The fourth-order valence-corrected chi connectivity index (χ4v) is 13.4. The second-order valence-electron chi connectivity index (χ2n) is 27.0. The summed E-state index contributed by atoms with van der Waals surface area (Å²) in [7, 11) is 7.39. The Bertz CT molecular complexity index is 3730. The van der Waals surface area contributed by atoms with Gasteiger partial charge in [-0.2, -0.15) is 0 Å². The summed E-state index contributed by atoms with van der Waals surface area (Å²) in [6.07, 6.45) is 15.0. The van der Waals surface area contributed by atoms with Crippen molar-refractivity contribution >= 4 is 70.2 Å². The topological polar surface area (TPSA) is 243 Å². The van der Waals surface area contributed by atoms with Gasteiger partial charge in [-0.15, -0.1) is 0 Å². The number of halogens is 2. The van der Waals surface area contributed by atoms with Gasteiger partial charge in [-0.3, -0.25) is 19.2 Å². The number of aliphatic carboxylic acids is 1. The van der Waals surface area contributed by atoms with Crippen molar-refractivity contribution in [1.82, 2.24) is 20.4 Å². The number of rotatable bonds is 16. The van der Waals surface area contributed by atoms with Gasteiger partial charge in [0.1, 0.15) is 47.2 Å². The number of carbonyl (C=O) groups is 6. The standard InChI is InChI=1S/C31H44ClN3O7.C30H42ClN3O7.C14H4.CH4/c1-30(2,3)27(33-26(36)13-19-11-9-7-8-10-12-19)28(37)35-18-31(17-23(35)29(38)41-6)16-22(34-42-31)20-14-21(32)25(40-5)15-24(20)39-4;1-29(2,3)26(32-25(35)12-18-10-8-6-7-9-11-18)27(36)34-17-30(16-22(34)28(37)38)15-21(33-41-30)19-13-20(31)24(40-5)14-23(19)39-4;1-3-5-7-9-11-13-14-12-10-8-6-4-2;/h14-15,19,23,27H,7-13,16-18H2,1-6H3,(H,33,36);13-14,18,22,26H,6-12,15-17H2,1-5H3,(H,32,35)(H,37,38);1-2H2;1H4/t23-,27+,31+;22-,26+,30+;;/m00../s1. The fraction of sp³-hybridized carbons (Fsp3) is 0.553. The molecule has 20 nitrogen and oxygen atoms in total. The minimum atomic E-state index is -1.13. The Morgan fingerprint density at radius 2 is 0.898 bits per heavy atom. The lowest BCUT2D eigenvalue weighted by atomic mass is 9.85. The van der Waals surface area contributed by atoms with Crippen molar-refractivity contribution in [1.29, 1.82) is 0 Å². The van der Waals surface area contributed by atoms with Gasteiger partial charge in [0.15, 0.2) is 11.2 Å². The molecule has 2 aliphatic carbocycles. The van der Waals surface area contributed by atoms with Crippen LogP contribution in [0.25, 0.3) is 0 Å². The van der Waals surface area contributed by atoms with E-state index in [0.29, 0.717) is 86.7 Å². The van der Waals surface area contributed by atoms with E-state index < -0.39 is 64.0 Å². The number of esters is 1. The number of methoxy groups -OCH3 is 5. The zero-order valence-electron chi connectivity index (χ0n) is 57.6. The number of carboxylic acids is 1. The lowest BCUT2D eigenvalue weighted by Crippen LogP contribution is -2.57. The Labute approximate surface area is 586 Å². The molecule has 2 saturated heterocycles. The quantitative estimate of drug-likeness (QED) is 0.0804. The maximum atomic E-state index is 14.2. The van der Waals surface area contributed by atoms with Gasteiger partial charge in [0.25, 0.3) is 0 Å². The smallest absolute Gasteiger partial charge is 0.328 e. The van der Waals surface area contributed by atoms with Crippen LogP contribution >= 0.6 is 23.2 Å². The zero-order chi connectivity index (χ0) is 71.1. The minimum absolute atomic E-state index is 0. The van der Waals surface area contributed by atoms with Crippen molar-refractivity contribution in [2.45, 2.75) is 200 Å². The number of nitrogens with one attached hydrogen (secondary N) is 2. The molecule has 0 aromatic heterocycles. The second kappa shape index (κ2) is 37.2. The SMILES string of the molecule is C.C=C=C=C=C=C=C=C=C=C=C=C=C=C.COC(=O)[C@@H]1C[C@]2(CC(c3cc(Cl)c(OC)cc3OC)=NO2)CN1C(=O)[C@@H](NC(=O)CC1CCCCCC1)C(C)(C)C.COc1cc(OC)c(C2=NO[C@]3(C2)C[C@@H](C(=O)O)N(C(=O)[C@@H](NC(=O)CC2CCCCCC2)C(C)(C)C)C3)cc1Cl. The van der Waals surface area contributed by atoms with Crippen molar-refractivity contribution in [2.75, 3.05) is 48.6 Å². The number of hydrogen-bond donors (Lipinski definition) is 3. The third-order valence-corrected chi connectivity index (χ3v) is 18.4. The van der Waals surface area contributed by atoms with Gasteiger partial charge in [0, 0.05) is 61.8 Å². The van der Waals surface area contributed by atoms with Gasteiger partial charge >= 0.3 is 11.9 Å². The molecule has 4 heterocycles. The molecular formula is C76H94Cl2N6O14. The van der Waals surface area contributed by atoms with Crippen LogP contribution in [0.15, 0.2) is 117 Å². The Morgan fingerprint density at radius 3 is 1.21 bits per heavy atom. The first-order chi connectivity index (χ1) is 46.2. The van der Waals surface area contributed by atoms with Crippen molar-refractivity contribution in [3.8, 4) is 23.0 Å². The average molecular weight is 1390 g/mol. The number of oxime groups is 2. The Balaban J connectivity index is 0.000000294. The highest BCUT2D eigenvalue weighted by atomic mass is 35.5. The van der Waals surface area contributed by atoms with Gasteiger partial charge in [-0.1, -0.05) is 145 Å². The van der Waals surface area contributed by atoms with Crippen LogP contribution in [-0.2, 0) is 43.2 Å². The third kappa shape index (κ3) is 21.8. The first-order valence-corrected chi connectivity index (χ1v) is 33.3. The van der Waals surface area contributed by atoms with Crippen LogP contribution in [0.3, 0.4) is 0 Å². The molecule has 2 spiro atoms. The maximum absolute atomic E-state index is 14.2. The number of amides is 4. The third-order valence-electron chi connectivity index (χ3n) is 17.8. The molecule has 8 rings (SSSR count). The van der Waals surface area contributed by atoms with Crippen LogP contribution in [-0.4, -0.2) is 146 Å². The normalized spacial score (nSPS) is 20.6. The predicted octanol–water partition coefficient (Wildman–Crippen LogP) is 13.0. The summed E-state index contributed by atoms with van der Waals surface area (Å²) >= 11 is 12.8. The number of carboxylic acid groups (broad SMARTS) is 1. The first-order valence-electron chi connectivity index (χ1n) is 32.6. The summed E-state index contributed by atoms with van der Waals surface area (Å²) in [5, 5.41) is 25.5. The van der Waals surface area contributed by atoms with E-state index in [-0.39, 0.29) is 57.5 Å². The molecule has 0 unspecified atom stereocenters. The summed E-state index contributed by atoms with van der Waals surface area (Å²) in [5.74, 6) is -0.219. The van der Waals surface area contributed by atoms with E-state index >= 15 is 0 Å². The monoisotopic (exact) mass is 1380 g/mol. The van der Waals surface area contributed by atoms with Gasteiger partial charge in [-0.05, 0) is 131 Å². The number of carbonyl (C=O) groups excluding carboxylic acids is 5. The molecule has 4 aliphatic heterocycles. The molecule has 526 valence electrons. The van der Waals surface area contributed by atoms with Crippen LogP contribution in [0.1, 0.15) is 176 Å². The van der Waals surface area contributed by atoms with Crippen LogP contribution in [0.2, 0.25) is 10.0 Å². The molecule has 4 fully saturated rings. The van der Waals surface area contributed by atoms with Crippen LogP contribution in [0.5, 0.6) is 23.0 Å². The van der Waals surface area contributed by atoms with Crippen molar-refractivity contribution < 1.29 is 67.2 Å². The molecule has 2 saturated carbocycles. The van der Waals surface area contributed by atoms with E-state index in [1.165, 1.54) is 63.9 Å². The van der Waals surface area contributed by atoms with E-state index in [0.717, 1.165) is 51.4 Å². The molecule has 0 radical (unpaired) electrons. The molecule has 6 atom stereocenters. The molecule has 0 bridgehead atoms. The number of hydrogen-bond acceptors (Lipinski definition) is 15. The van der Waals surface area contributed by atoms with E-state index in [1.54, 1.807) is 31.4 Å². The Hall–Kier alpha value is -8.92. The van der Waals surface area contributed by atoms with Crippen molar-refractivity contribution in [3.63, 3.8) is 0 Å². The summed E-state index contributed by atoms with van der Waals surface area (Å²) in [6, 6.07) is 2.98. The number of benzene rings is 2. The predicted molar refractivity (Wildman–Crippen MR) is 373 cm³/mol. The van der Waals surface area contributed by atoms with Crippen LogP contribution in [0, 0.1) is 22.7 Å². The summed E-state index contributed by atoms with van der Waals surface area (Å²) < 4.78 is 26.8. The molecule has 2 aromatic rings. The maximum Gasteiger partial charge on any atom is 0.328 e. The summed E-state index contributed by atoms with van der Waals surface area (Å²) in [6.45, 7) is 18.0. The van der Waals surface area contributed by atoms with E-state index in [1.807, 2.05) is 41.5 Å². The first kappa shape index (κ1) is 79.8. The van der Waals surface area contributed by atoms with Crippen molar-refractivity contribution in [3.05, 3.63) is 127 Å². The van der Waals surface area contributed by atoms with E-state index in [9.17, 15) is 33.9 Å². The molecule has 6 aliphatic rings. The van der Waals surface area contributed by atoms with Crippen molar-refractivity contribution in [2.24, 2.45) is 33.0 Å². The molecule has 2 aromatic carbocycles. The molecule has 3 N–H and O–H groups in total. The fourth-order valence-electron chi connectivity index (χ4n) is 12.9. The molecule has 98 heavy (non-hydrogen) atoms. The highest BCUT2D eigenvalue weighted by molar-refractivity contribution is 6.33. The lowest BCUT2D eigenvalue weighted by Gasteiger charge is -2.35. The summed E-state index contributed by atoms with van der Waals surface area (Å²) in [5.41, 5.74) is 28.6. The highest BCUT2D eigenvalue weighted by Crippen LogP contribution is 2.45. The van der Waals surface area contributed by atoms with Gasteiger partial charge in [-0.25, -0.2) is 9.59 Å². The zero-order valence-corrected chi connectivity index (χ0v) is 59.1. The summed E-state index contributed by atoms with van der Waals surface area (Å²) in [4.78, 5) is 94.6. The Kier molecular flexibility index (Phi) is 30.2. The average Bonchev–Trinajstić information content (AvgIpc) is 1.60. The molecule has 4 amide bonds. The van der Waals surface area contributed by atoms with Crippen LogP contribution < -0.4 is 29.6 Å². The number of nitrogens with zero attached hydrogens (tertiary/aromatic N) is 4. The van der Waals surface area contributed by atoms with Gasteiger partial charge < -0.3 is 58.9 Å². The second-order valence-corrected chi connectivity index (χ2v) is 27.9. The van der Waals surface area contributed by atoms with E-state index in [4.69, 9.17) is 56.6 Å². The van der Waals surface area contributed by atoms with Gasteiger partial charge in [0.2, 0.25) is 23.6 Å². The Morgan fingerprint density at radius 1 is 0.561 bits per heavy atom. The largest absolute Gasteiger partial charge is 0.496 e. The molecule has 22 heteroatoms. The van der Waals surface area contributed by atoms with E-state index in [2.05, 4.69) is 103 Å². The van der Waals surface area contributed by atoms with Crippen LogP contribution in [0.4, 0.5) is 0 Å². The highest BCUT2D eigenvalue weighted by Gasteiger charge is 2.58. The number of ether oxygens (including phenoxy) is 5. The molecular weight excluding hydrogens is 1290 g/mol.